The first-order valence-electron chi connectivity index (χ1n) is 5.64. The molecule has 1 atom stereocenters. The first kappa shape index (κ1) is 11.1. The highest BCUT2D eigenvalue weighted by Gasteiger charge is 2.34. The van der Waals surface area contributed by atoms with E-state index in [0.717, 1.165) is 30.4 Å². The molecule has 1 aliphatic rings. The fraction of sp³-hybridized carbons (Fsp3) is 0.462. The number of hydrogen-bond donors (Lipinski definition) is 2. The van der Waals surface area contributed by atoms with Gasteiger partial charge in [0, 0.05) is 0 Å². The molecule has 0 fully saturated rings. The van der Waals surface area contributed by atoms with Crippen molar-refractivity contribution in [2.24, 2.45) is 0 Å². The summed E-state index contributed by atoms with van der Waals surface area (Å²) < 4.78 is 0. The number of hydrogen-bond acceptors (Lipinski definition) is 2. The van der Waals surface area contributed by atoms with Gasteiger partial charge in [0.1, 0.15) is 5.60 Å². The molecule has 1 aromatic rings. The van der Waals surface area contributed by atoms with Crippen molar-refractivity contribution < 1.29 is 15.0 Å². The summed E-state index contributed by atoms with van der Waals surface area (Å²) in [5, 5.41) is 19.4. The van der Waals surface area contributed by atoms with Gasteiger partial charge in [0.15, 0.2) is 0 Å². The first-order chi connectivity index (χ1) is 7.62. The van der Waals surface area contributed by atoms with Crippen molar-refractivity contribution in [3.63, 3.8) is 0 Å². The fourth-order valence-corrected chi connectivity index (χ4v) is 2.49. The second-order valence-corrected chi connectivity index (χ2v) is 4.47. The molecule has 0 aromatic heterocycles. The fourth-order valence-electron chi connectivity index (χ4n) is 2.49. The summed E-state index contributed by atoms with van der Waals surface area (Å²) in [5.74, 6) is -0.945. The molecular weight excluding hydrogens is 204 g/mol. The van der Waals surface area contributed by atoms with Crippen molar-refractivity contribution in [1.82, 2.24) is 0 Å². The standard InChI is InChI=1S/C13H16O3/c14-12(15)9-13(16)8-4-3-6-10-5-1-2-7-11(10)13/h1-2,5,7,16H,3-4,6,8-9H2,(H,14,15). The average molecular weight is 220 g/mol. The van der Waals surface area contributed by atoms with E-state index in [9.17, 15) is 9.90 Å². The highest BCUT2D eigenvalue weighted by molar-refractivity contribution is 5.68. The van der Waals surface area contributed by atoms with Crippen LogP contribution in [-0.4, -0.2) is 16.2 Å². The van der Waals surface area contributed by atoms with Crippen LogP contribution in [0.1, 0.15) is 36.8 Å². The number of fused-ring (bicyclic) bond motifs is 1. The number of aliphatic carboxylic acids is 1. The lowest BCUT2D eigenvalue weighted by molar-refractivity contribution is -0.143. The molecule has 0 radical (unpaired) electrons. The molecule has 1 aliphatic carbocycles. The zero-order valence-corrected chi connectivity index (χ0v) is 9.15. The van der Waals surface area contributed by atoms with Crippen LogP contribution in [0.2, 0.25) is 0 Å². The van der Waals surface area contributed by atoms with E-state index in [2.05, 4.69) is 0 Å². The van der Waals surface area contributed by atoms with E-state index >= 15 is 0 Å². The predicted molar refractivity (Wildman–Crippen MR) is 60.1 cm³/mol. The number of benzene rings is 1. The van der Waals surface area contributed by atoms with Crippen LogP contribution in [0, 0.1) is 0 Å². The third-order valence-corrected chi connectivity index (χ3v) is 3.25. The van der Waals surface area contributed by atoms with Gasteiger partial charge in [-0.2, -0.15) is 0 Å². The third-order valence-electron chi connectivity index (χ3n) is 3.25. The summed E-state index contributed by atoms with van der Waals surface area (Å²) in [6.07, 6.45) is 3.15. The van der Waals surface area contributed by atoms with Gasteiger partial charge in [-0.25, -0.2) is 0 Å². The minimum atomic E-state index is -1.18. The Morgan fingerprint density at radius 1 is 1.31 bits per heavy atom. The van der Waals surface area contributed by atoms with E-state index in [-0.39, 0.29) is 6.42 Å². The number of carbonyl (C=O) groups is 1. The Labute approximate surface area is 94.7 Å². The Hall–Kier alpha value is -1.35. The monoisotopic (exact) mass is 220 g/mol. The quantitative estimate of drug-likeness (QED) is 0.750. The lowest BCUT2D eigenvalue weighted by Gasteiger charge is -2.27. The van der Waals surface area contributed by atoms with E-state index in [1.54, 1.807) is 0 Å². The van der Waals surface area contributed by atoms with Crippen LogP contribution >= 0.6 is 0 Å². The van der Waals surface area contributed by atoms with E-state index in [4.69, 9.17) is 5.11 Å². The lowest BCUT2D eigenvalue weighted by atomic mass is 9.85. The smallest absolute Gasteiger partial charge is 0.306 e. The minimum absolute atomic E-state index is 0.204. The maximum absolute atomic E-state index is 10.8. The van der Waals surface area contributed by atoms with Crippen molar-refractivity contribution in [3.05, 3.63) is 35.4 Å². The Bertz CT molecular complexity index is 400. The molecule has 0 bridgehead atoms. The summed E-state index contributed by atoms with van der Waals surface area (Å²) >= 11 is 0. The maximum Gasteiger partial charge on any atom is 0.306 e. The van der Waals surface area contributed by atoms with Crippen LogP contribution in [0.3, 0.4) is 0 Å². The maximum atomic E-state index is 10.8. The molecule has 0 amide bonds. The van der Waals surface area contributed by atoms with Gasteiger partial charge in [-0.15, -0.1) is 0 Å². The van der Waals surface area contributed by atoms with Gasteiger partial charge in [-0.1, -0.05) is 24.3 Å². The third kappa shape index (κ3) is 2.09. The highest BCUT2D eigenvalue weighted by Crippen LogP contribution is 2.36. The Morgan fingerprint density at radius 2 is 2.06 bits per heavy atom. The molecule has 2 rings (SSSR count). The van der Waals surface area contributed by atoms with Crippen LogP contribution in [0.5, 0.6) is 0 Å². The molecule has 0 saturated carbocycles. The van der Waals surface area contributed by atoms with Gasteiger partial charge in [0.05, 0.1) is 6.42 Å². The number of carboxylic acids is 1. The van der Waals surface area contributed by atoms with E-state index in [0.29, 0.717) is 6.42 Å². The van der Waals surface area contributed by atoms with Crippen LogP contribution in [0.25, 0.3) is 0 Å². The molecule has 1 aromatic carbocycles. The molecule has 1 unspecified atom stereocenters. The lowest BCUT2D eigenvalue weighted by Crippen LogP contribution is -2.29. The summed E-state index contributed by atoms with van der Waals surface area (Å²) in [4.78, 5) is 10.8. The SMILES string of the molecule is O=C(O)CC1(O)CCCCc2ccccc21. The molecule has 2 N–H and O–H groups in total. The predicted octanol–water partition coefficient (Wildman–Crippen LogP) is 2.08. The summed E-state index contributed by atoms with van der Waals surface area (Å²) in [7, 11) is 0. The number of rotatable bonds is 2. The molecule has 3 nitrogen and oxygen atoms in total. The molecule has 0 aliphatic heterocycles. The average Bonchev–Trinajstić information content (AvgIpc) is 2.38. The van der Waals surface area contributed by atoms with Crippen LogP contribution < -0.4 is 0 Å². The topological polar surface area (TPSA) is 57.5 Å². The number of aliphatic hydroxyl groups is 1. The van der Waals surface area contributed by atoms with Gasteiger partial charge >= 0.3 is 5.97 Å². The number of aryl methyl sites for hydroxylation is 1. The number of carboxylic acid groups (broad SMARTS) is 1. The zero-order chi connectivity index (χ0) is 11.6. The van der Waals surface area contributed by atoms with Crippen molar-refractivity contribution in [2.75, 3.05) is 0 Å². The van der Waals surface area contributed by atoms with Crippen LogP contribution in [0.15, 0.2) is 24.3 Å². The Kier molecular flexibility index (Phi) is 2.97. The normalized spacial score (nSPS) is 24.6. The van der Waals surface area contributed by atoms with Gasteiger partial charge < -0.3 is 10.2 Å². The zero-order valence-electron chi connectivity index (χ0n) is 9.15. The second kappa shape index (κ2) is 4.26. The van der Waals surface area contributed by atoms with Crippen LogP contribution in [-0.2, 0) is 16.8 Å². The summed E-state index contributed by atoms with van der Waals surface area (Å²) in [6.45, 7) is 0. The second-order valence-electron chi connectivity index (χ2n) is 4.47. The molecule has 16 heavy (non-hydrogen) atoms. The first-order valence-corrected chi connectivity index (χ1v) is 5.64. The molecule has 86 valence electrons. The van der Waals surface area contributed by atoms with Gasteiger partial charge in [-0.3, -0.25) is 4.79 Å². The van der Waals surface area contributed by atoms with Crippen molar-refractivity contribution in [3.8, 4) is 0 Å². The minimum Gasteiger partial charge on any atom is -0.481 e. The molecule has 0 spiro atoms. The van der Waals surface area contributed by atoms with Crippen LogP contribution in [0.4, 0.5) is 0 Å². The van der Waals surface area contributed by atoms with Gasteiger partial charge in [0.2, 0.25) is 0 Å². The molecule has 0 saturated heterocycles. The largest absolute Gasteiger partial charge is 0.481 e. The van der Waals surface area contributed by atoms with Crippen molar-refractivity contribution >= 4 is 5.97 Å². The molecule has 0 heterocycles. The molecule has 3 heteroatoms. The van der Waals surface area contributed by atoms with Crippen molar-refractivity contribution in [2.45, 2.75) is 37.7 Å². The summed E-state index contributed by atoms with van der Waals surface area (Å²) in [5.41, 5.74) is 0.706. The van der Waals surface area contributed by atoms with Gasteiger partial charge in [0.25, 0.3) is 0 Å². The summed E-state index contributed by atoms with van der Waals surface area (Å²) in [6, 6.07) is 7.62. The van der Waals surface area contributed by atoms with Gasteiger partial charge in [-0.05, 0) is 36.8 Å². The molecular formula is C13H16O3. The Morgan fingerprint density at radius 3 is 2.81 bits per heavy atom. The van der Waals surface area contributed by atoms with E-state index in [1.807, 2.05) is 24.3 Å². The van der Waals surface area contributed by atoms with E-state index < -0.39 is 11.6 Å². The highest BCUT2D eigenvalue weighted by atomic mass is 16.4. The Balaban J connectivity index is 2.42. The van der Waals surface area contributed by atoms with E-state index in [1.165, 1.54) is 0 Å². The van der Waals surface area contributed by atoms with Crippen molar-refractivity contribution in [1.29, 1.82) is 0 Å².